The topological polar surface area (TPSA) is 60.2 Å². The number of rotatable bonds is 3. The van der Waals surface area contributed by atoms with Crippen molar-refractivity contribution in [1.29, 1.82) is 0 Å². The molecule has 0 aliphatic rings. The maximum Gasteiger partial charge on any atom is 0.186 e. The van der Waals surface area contributed by atoms with Crippen LogP contribution in [0, 0.1) is 11.6 Å². The van der Waals surface area contributed by atoms with Gasteiger partial charge >= 0.3 is 0 Å². The Morgan fingerprint density at radius 1 is 1.15 bits per heavy atom. The van der Waals surface area contributed by atoms with E-state index in [0.717, 1.165) is 12.1 Å². The largest absolute Gasteiger partial charge is 0.398 e. The maximum absolute atomic E-state index is 13.5. The van der Waals surface area contributed by atoms with Gasteiger partial charge in [0.1, 0.15) is 16.5 Å². The van der Waals surface area contributed by atoms with Gasteiger partial charge in [-0.1, -0.05) is 23.7 Å². The molecule has 0 saturated carbocycles. The summed E-state index contributed by atoms with van der Waals surface area (Å²) in [6, 6.07) is 6.97. The number of anilines is 1. The lowest BCUT2D eigenvalue weighted by molar-refractivity contribution is 0.569. The van der Waals surface area contributed by atoms with Gasteiger partial charge in [0.05, 0.1) is 16.5 Å². The molecule has 0 heterocycles. The zero-order valence-electron chi connectivity index (χ0n) is 10.1. The van der Waals surface area contributed by atoms with Gasteiger partial charge in [0, 0.05) is 11.6 Å². The van der Waals surface area contributed by atoms with Gasteiger partial charge in [-0.15, -0.1) is 0 Å². The Morgan fingerprint density at radius 3 is 2.45 bits per heavy atom. The van der Waals surface area contributed by atoms with E-state index in [4.69, 9.17) is 17.3 Å². The minimum Gasteiger partial charge on any atom is -0.398 e. The lowest BCUT2D eigenvalue weighted by Gasteiger charge is -2.10. The Balaban J connectivity index is 2.46. The molecule has 0 bridgehead atoms. The molecule has 2 rings (SSSR count). The predicted molar refractivity (Wildman–Crippen MR) is 73.1 cm³/mol. The average Bonchev–Trinajstić information content (AvgIpc) is 2.32. The Hall–Kier alpha value is -1.66. The van der Waals surface area contributed by atoms with Crippen molar-refractivity contribution in [2.45, 2.75) is 10.6 Å². The van der Waals surface area contributed by atoms with Crippen LogP contribution >= 0.6 is 11.6 Å². The van der Waals surface area contributed by atoms with Crippen LogP contribution in [0.3, 0.4) is 0 Å². The van der Waals surface area contributed by atoms with Gasteiger partial charge in [0.15, 0.2) is 9.84 Å². The molecule has 2 N–H and O–H groups in total. The van der Waals surface area contributed by atoms with Gasteiger partial charge in [0.2, 0.25) is 0 Å². The second-order valence-corrected chi connectivity index (χ2v) is 6.49. The summed E-state index contributed by atoms with van der Waals surface area (Å²) in [5.41, 5.74) is 5.44. The fourth-order valence-electron chi connectivity index (χ4n) is 1.77. The normalized spacial score (nSPS) is 11.6. The molecule has 0 radical (unpaired) electrons. The maximum atomic E-state index is 13.5. The highest BCUT2D eigenvalue weighted by atomic mass is 35.5. The fraction of sp³-hybridized carbons (Fsp3) is 0.0769. The van der Waals surface area contributed by atoms with Crippen LogP contribution in [0.1, 0.15) is 5.56 Å². The van der Waals surface area contributed by atoms with E-state index in [1.807, 2.05) is 0 Å². The van der Waals surface area contributed by atoms with Gasteiger partial charge in [-0.05, 0) is 18.2 Å². The first-order valence-corrected chi connectivity index (χ1v) is 7.55. The number of sulfone groups is 1. The second kappa shape index (κ2) is 5.38. The van der Waals surface area contributed by atoms with E-state index in [-0.39, 0.29) is 21.2 Å². The van der Waals surface area contributed by atoms with Gasteiger partial charge in [-0.25, -0.2) is 17.2 Å². The average molecular weight is 318 g/mol. The SMILES string of the molecule is Nc1cccc(Cl)c1S(=O)(=O)Cc1ccc(F)cc1F. The summed E-state index contributed by atoms with van der Waals surface area (Å²) >= 11 is 5.83. The first kappa shape index (κ1) is 14.7. The molecule has 20 heavy (non-hydrogen) atoms. The monoisotopic (exact) mass is 317 g/mol. The van der Waals surface area contributed by atoms with E-state index in [9.17, 15) is 17.2 Å². The van der Waals surface area contributed by atoms with Crippen LogP contribution in [0.25, 0.3) is 0 Å². The van der Waals surface area contributed by atoms with Crippen molar-refractivity contribution >= 4 is 27.1 Å². The Bertz CT molecular complexity index is 743. The number of hydrogen-bond acceptors (Lipinski definition) is 3. The molecule has 0 aliphatic heterocycles. The highest BCUT2D eigenvalue weighted by Gasteiger charge is 2.23. The van der Waals surface area contributed by atoms with Crippen LogP contribution in [0.15, 0.2) is 41.3 Å². The molecule has 0 spiro atoms. The molecule has 0 fully saturated rings. The number of nitrogen functional groups attached to an aromatic ring is 1. The van der Waals surface area contributed by atoms with Gasteiger partial charge < -0.3 is 5.73 Å². The molecule has 7 heteroatoms. The number of hydrogen-bond donors (Lipinski definition) is 1. The lowest BCUT2D eigenvalue weighted by atomic mass is 10.2. The Labute approximate surface area is 119 Å². The van der Waals surface area contributed by atoms with Crippen LogP contribution in [-0.4, -0.2) is 8.42 Å². The van der Waals surface area contributed by atoms with Crippen LogP contribution in [-0.2, 0) is 15.6 Å². The van der Waals surface area contributed by atoms with Crippen molar-refractivity contribution < 1.29 is 17.2 Å². The highest BCUT2D eigenvalue weighted by Crippen LogP contribution is 2.30. The third-order valence-electron chi connectivity index (χ3n) is 2.67. The van der Waals surface area contributed by atoms with Crippen molar-refractivity contribution in [3.05, 3.63) is 58.6 Å². The second-order valence-electron chi connectivity index (χ2n) is 4.15. The summed E-state index contributed by atoms with van der Waals surface area (Å²) in [5.74, 6) is -2.35. The summed E-state index contributed by atoms with van der Waals surface area (Å²) in [6.45, 7) is 0. The third-order valence-corrected chi connectivity index (χ3v) is 4.86. The van der Waals surface area contributed by atoms with Crippen molar-refractivity contribution in [1.82, 2.24) is 0 Å². The van der Waals surface area contributed by atoms with Crippen molar-refractivity contribution in [3.8, 4) is 0 Å². The molecule has 3 nitrogen and oxygen atoms in total. The quantitative estimate of drug-likeness (QED) is 0.884. The first-order valence-electron chi connectivity index (χ1n) is 5.52. The molecule has 106 valence electrons. The van der Waals surface area contributed by atoms with E-state index in [1.165, 1.54) is 18.2 Å². The Kier molecular flexibility index (Phi) is 3.96. The molecule has 2 aromatic carbocycles. The van der Waals surface area contributed by atoms with Crippen molar-refractivity contribution in [2.75, 3.05) is 5.73 Å². The summed E-state index contributed by atoms with van der Waals surface area (Å²) in [6.07, 6.45) is 0. The van der Waals surface area contributed by atoms with Crippen molar-refractivity contribution in [2.24, 2.45) is 0 Å². The summed E-state index contributed by atoms with van der Waals surface area (Å²) in [5, 5.41) is -0.0347. The van der Waals surface area contributed by atoms with E-state index in [0.29, 0.717) is 6.07 Å². The van der Waals surface area contributed by atoms with Crippen molar-refractivity contribution in [3.63, 3.8) is 0 Å². The van der Waals surface area contributed by atoms with E-state index in [1.54, 1.807) is 0 Å². The highest BCUT2D eigenvalue weighted by molar-refractivity contribution is 7.91. The third kappa shape index (κ3) is 2.91. The Morgan fingerprint density at radius 2 is 1.85 bits per heavy atom. The minimum absolute atomic E-state index is 0.0139. The van der Waals surface area contributed by atoms with Gasteiger partial charge in [-0.2, -0.15) is 0 Å². The number of benzene rings is 2. The predicted octanol–water partition coefficient (Wildman–Crippen LogP) is 3.17. The standard InChI is InChI=1S/C13H10ClF2NO2S/c14-10-2-1-3-12(17)13(10)20(18,19)7-8-4-5-9(15)6-11(8)16/h1-6H,7,17H2. The molecule has 0 aliphatic carbocycles. The molecule has 0 atom stereocenters. The summed E-state index contributed by atoms with van der Waals surface area (Å²) in [4.78, 5) is -0.245. The zero-order valence-corrected chi connectivity index (χ0v) is 11.7. The lowest BCUT2D eigenvalue weighted by Crippen LogP contribution is -2.10. The van der Waals surface area contributed by atoms with Gasteiger partial charge in [0.25, 0.3) is 0 Å². The molecule has 0 unspecified atom stereocenters. The first-order chi connectivity index (χ1) is 9.31. The van der Waals surface area contributed by atoms with Gasteiger partial charge in [-0.3, -0.25) is 0 Å². The fourth-order valence-corrected chi connectivity index (χ4v) is 3.88. The van der Waals surface area contributed by atoms with Crippen LogP contribution in [0.4, 0.5) is 14.5 Å². The van der Waals surface area contributed by atoms with E-state index >= 15 is 0 Å². The summed E-state index contributed by atoms with van der Waals surface area (Å²) in [7, 11) is -3.93. The smallest absolute Gasteiger partial charge is 0.186 e. The molecule has 0 aromatic heterocycles. The van der Waals surface area contributed by atoms with E-state index < -0.39 is 27.2 Å². The van der Waals surface area contributed by atoms with Crippen LogP contribution in [0.5, 0.6) is 0 Å². The van der Waals surface area contributed by atoms with E-state index in [2.05, 4.69) is 0 Å². The van der Waals surface area contributed by atoms with Crippen LogP contribution < -0.4 is 5.73 Å². The minimum atomic E-state index is -3.93. The van der Waals surface area contributed by atoms with Crippen LogP contribution in [0.2, 0.25) is 5.02 Å². The number of halogens is 3. The molecular weight excluding hydrogens is 308 g/mol. The molecular formula is C13H10ClF2NO2S. The molecule has 0 amide bonds. The summed E-state index contributed by atoms with van der Waals surface area (Å²) < 4.78 is 50.8. The molecule has 2 aromatic rings. The number of nitrogens with two attached hydrogens (primary N) is 1. The molecule has 0 saturated heterocycles. The zero-order chi connectivity index (χ0) is 14.9.